The van der Waals surface area contributed by atoms with Crippen LogP contribution in [0.4, 0.5) is 13.2 Å². The summed E-state index contributed by atoms with van der Waals surface area (Å²) < 4.78 is 42.3. The van der Waals surface area contributed by atoms with Gasteiger partial charge < -0.3 is 9.84 Å². The van der Waals surface area contributed by atoms with Gasteiger partial charge in [-0.05, 0) is 18.4 Å². The second-order valence-corrected chi connectivity index (χ2v) is 4.75. The Kier molecular flexibility index (Phi) is 4.69. The van der Waals surface area contributed by atoms with E-state index in [4.69, 9.17) is 4.74 Å². The quantitative estimate of drug-likeness (QED) is 0.834. The summed E-state index contributed by atoms with van der Waals surface area (Å²) in [5.41, 5.74) is 0. The van der Waals surface area contributed by atoms with Crippen LogP contribution >= 0.6 is 0 Å². The monoisotopic (exact) mass is 299 g/mol. The number of halogens is 3. The lowest BCUT2D eigenvalue weighted by Crippen LogP contribution is -2.46. The highest BCUT2D eigenvalue weighted by Crippen LogP contribution is 2.26. The van der Waals surface area contributed by atoms with Crippen LogP contribution in [0.15, 0.2) is 42.5 Å². The Morgan fingerprint density at radius 1 is 1.14 bits per heavy atom. The summed E-state index contributed by atoms with van der Waals surface area (Å²) in [6.45, 7) is 0.145. The molecule has 0 aliphatic carbocycles. The zero-order chi connectivity index (χ0) is 15.5. The molecule has 0 amide bonds. The molecule has 2 aromatic rings. The molecule has 0 saturated heterocycles. The van der Waals surface area contributed by atoms with Gasteiger partial charge in [-0.15, -0.1) is 0 Å². The van der Waals surface area contributed by atoms with E-state index in [-0.39, 0.29) is 0 Å². The number of alkyl halides is 3. The fraction of sp³-hybridized carbons (Fsp3) is 0.333. The van der Waals surface area contributed by atoms with Gasteiger partial charge in [-0.25, -0.2) is 0 Å². The van der Waals surface area contributed by atoms with Crippen molar-refractivity contribution in [3.63, 3.8) is 0 Å². The van der Waals surface area contributed by atoms with Crippen LogP contribution in [0.25, 0.3) is 10.8 Å². The molecular formula is C15H16F3NO2. The summed E-state index contributed by atoms with van der Waals surface area (Å²) in [5, 5.41) is 13.5. The minimum Gasteiger partial charge on any atom is -0.472 e. The van der Waals surface area contributed by atoms with E-state index >= 15 is 0 Å². The Morgan fingerprint density at radius 2 is 1.81 bits per heavy atom. The molecule has 2 rings (SSSR count). The van der Waals surface area contributed by atoms with E-state index < -0.39 is 25.1 Å². The lowest BCUT2D eigenvalue weighted by Gasteiger charge is -2.24. The third-order valence-corrected chi connectivity index (χ3v) is 2.95. The summed E-state index contributed by atoms with van der Waals surface area (Å²) >= 11 is 0. The first-order valence-electron chi connectivity index (χ1n) is 6.49. The van der Waals surface area contributed by atoms with Gasteiger partial charge in [-0.3, -0.25) is 5.32 Å². The SMILES string of the molecule is CC(O)C(NCC(F)(F)F)Oc1cccc2ccccc12. The molecular weight excluding hydrogens is 283 g/mol. The van der Waals surface area contributed by atoms with Gasteiger partial charge in [0, 0.05) is 5.39 Å². The summed E-state index contributed by atoms with van der Waals surface area (Å²) in [6, 6.07) is 12.7. The van der Waals surface area contributed by atoms with Crippen LogP contribution in [0.5, 0.6) is 5.75 Å². The first-order chi connectivity index (χ1) is 9.87. The number of fused-ring (bicyclic) bond motifs is 1. The molecule has 0 bridgehead atoms. The van der Waals surface area contributed by atoms with E-state index in [1.807, 2.05) is 30.3 Å². The normalized spacial score (nSPS) is 14.9. The lowest BCUT2D eigenvalue weighted by atomic mass is 10.1. The van der Waals surface area contributed by atoms with Crippen molar-refractivity contribution >= 4 is 10.8 Å². The molecule has 0 aromatic heterocycles. The van der Waals surface area contributed by atoms with Crippen LogP contribution in [0.3, 0.4) is 0 Å². The summed E-state index contributed by atoms with van der Waals surface area (Å²) in [4.78, 5) is 0. The van der Waals surface area contributed by atoms with Crippen molar-refractivity contribution in [2.75, 3.05) is 6.54 Å². The molecule has 114 valence electrons. The van der Waals surface area contributed by atoms with Crippen molar-refractivity contribution in [2.45, 2.75) is 25.4 Å². The minimum atomic E-state index is -4.37. The van der Waals surface area contributed by atoms with Gasteiger partial charge in [-0.2, -0.15) is 13.2 Å². The van der Waals surface area contributed by atoms with Crippen LogP contribution in [0.1, 0.15) is 6.92 Å². The number of aliphatic hydroxyl groups is 1. The van der Waals surface area contributed by atoms with Crippen molar-refractivity contribution < 1.29 is 23.0 Å². The molecule has 2 aromatic carbocycles. The fourth-order valence-electron chi connectivity index (χ4n) is 1.96. The average Bonchev–Trinajstić information content (AvgIpc) is 2.42. The summed E-state index contributed by atoms with van der Waals surface area (Å²) in [7, 11) is 0. The van der Waals surface area contributed by atoms with Gasteiger partial charge in [0.15, 0.2) is 6.23 Å². The number of hydrogen-bond acceptors (Lipinski definition) is 3. The molecule has 0 heterocycles. The summed E-state index contributed by atoms with van der Waals surface area (Å²) in [6.07, 6.45) is -6.60. The number of ether oxygens (including phenoxy) is 1. The van der Waals surface area contributed by atoms with Crippen molar-refractivity contribution in [1.29, 1.82) is 0 Å². The minimum absolute atomic E-state index is 0.425. The largest absolute Gasteiger partial charge is 0.472 e. The zero-order valence-electron chi connectivity index (χ0n) is 11.4. The van der Waals surface area contributed by atoms with Crippen molar-refractivity contribution in [3.05, 3.63) is 42.5 Å². The van der Waals surface area contributed by atoms with Crippen molar-refractivity contribution in [1.82, 2.24) is 5.32 Å². The topological polar surface area (TPSA) is 41.5 Å². The van der Waals surface area contributed by atoms with Crippen LogP contribution in [-0.4, -0.2) is 30.2 Å². The van der Waals surface area contributed by atoms with Gasteiger partial charge in [0.2, 0.25) is 0 Å². The second-order valence-electron chi connectivity index (χ2n) is 4.75. The van der Waals surface area contributed by atoms with E-state index in [9.17, 15) is 18.3 Å². The molecule has 0 aliphatic rings. The Labute approximate surface area is 120 Å². The van der Waals surface area contributed by atoms with Gasteiger partial charge in [0.05, 0.1) is 6.54 Å². The maximum Gasteiger partial charge on any atom is 0.401 e. The molecule has 6 heteroatoms. The highest BCUT2D eigenvalue weighted by molar-refractivity contribution is 5.88. The van der Waals surface area contributed by atoms with Crippen molar-refractivity contribution in [3.8, 4) is 5.75 Å². The predicted octanol–water partition coefficient (Wildman–Crippen LogP) is 3.08. The third-order valence-electron chi connectivity index (χ3n) is 2.95. The Bertz CT molecular complexity index is 593. The highest BCUT2D eigenvalue weighted by Gasteiger charge is 2.30. The number of rotatable bonds is 5. The maximum absolute atomic E-state index is 12.3. The number of hydrogen-bond donors (Lipinski definition) is 2. The standard InChI is InChI=1S/C15H16F3NO2/c1-10(20)14(19-9-15(16,17)18)21-13-8-4-6-11-5-2-3-7-12(11)13/h2-8,10,14,19-20H,9H2,1H3. The number of nitrogens with one attached hydrogen (secondary N) is 1. The third kappa shape index (κ3) is 4.34. The first-order valence-corrected chi connectivity index (χ1v) is 6.49. The fourth-order valence-corrected chi connectivity index (χ4v) is 1.96. The first kappa shape index (κ1) is 15.6. The molecule has 2 atom stereocenters. The molecule has 2 unspecified atom stereocenters. The molecule has 0 spiro atoms. The number of benzene rings is 2. The van der Waals surface area contributed by atoms with Gasteiger partial charge in [-0.1, -0.05) is 36.4 Å². The van der Waals surface area contributed by atoms with Gasteiger partial charge >= 0.3 is 6.18 Å². The highest BCUT2D eigenvalue weighted by atomic mass is 19.4. The Morgan fingerprint density at radius 3 is 2.48 bits per heavy atom. The average molecular weight is 299 g/mol. The van der Waals surface area contributed by atoms with E-state index in [1.54, 1.807) is 12.1 Å². The van der Waals surface area contributed by atoms with E-state index in [2.05, 4.69) is 5.32 Å². The lowest BCUT2D eigenvalue weighted by molar-refractivity contribution is -0.133. The Hall–Kier alpha value is -1.79. The second kappa shape index (κ2) is 6.32. The van der Waals surface area contributed by atoms with Crippen LogP contribution in [0, 0.1) is 0 Å². The molecule has 3 nitrogen and oxygen atoms in total. The van der Waals surface area contributed by atoms with Gasteiger partial charge in [0.1, 0.15) is 11.9 Å². The van der Waals surface area contributed by atoms with Crippen LogP contribution in [0.2, 0.25) is 0 Å². The Balaban J connectivity index is 2.19. The van der Waals surface area contributed by atoms with Gasteiger partial charge in [0.25, 0.3) is 0 Å². The molecule has 0 radical (unpaired) electrons. The van der Waals surface area contributed by atoms with E-state index in [0.29, 0.717) is 5.75 Å². The zero-order valence-corrected chi connectivity index (χ0v) is 11.4. The molecule has 0 saturated carbocycles. The molecule has 2 N–H and O–H groups in total. The van der Waals surface area contributed by atoms with E-state index in [1.165, 1.54) is 6.92 Å². The van der Waals surface area contributed by atoms with Crippen LogP contribution < -0.4 is 10.1 Å². The van der Waals surface area contributed by atoms with E-state index in [0.717, 1.165) is 10.8 Å². The predicted molar refractivity (Wildman–Crippen MR) is 74.1 cm³/mol. The molecule has 21 heavy (non-hydrogen) atoms. The number of aliphatic hydroxyl groups excluding tert-OH is 1. The maximum atomic E-state index is 12.3. The smallest absolute Gasteiger partial charge is 0.401 e. The molecule has 0 aliphatic heterocycles. The van der Waals surface area contributed by atoms with Crippen LogP contribution in [-0.2, 0) is 0 Å². The van der Waals surface area contributed by atoms with Crippen molar-refractivity contribution in [2.24, 2.45) is 0 Å². The molecule has 0 fully saturated rings. The summed E-state index contributed by atoms with van der Waals surface area (Å²) in [5.74, 6) is 0.425.